The lowest BCUT2D eigenvalue weighted by Gasteiger charge is -2.32. The van der Waals surface area contributed by atoms with E-state index in [0.717, 1.165) is 24.2 Å². The molecule has 2 heterocycles. The van der Waals surface area contributed by atoms with E-state index < -0.39 is 5.69 Å². The highest BCUT2D eigenvalue weighted by atomic mass is 16.5. The van der Waals surface area contributed by atoms with Crippen LogP contribution in [-0.4, -0.2) is 70.6 Å². The van der Waals surface area contributed by atoms with E-state index in [1.54, 1.807) is 43.3 Å². The van der Waals surface area contributed by atoms with Gasteiger partial charge in [0.1, 0.15) is 11.5 Å². The maximum absolute atomic E-state index is 12.4. The van der Waals surface area contributed by atoms with Crippen LogP contribution in [-0.2, 0) is 4.79 Å². The SMILES string of the molecule is Cc1cc(-c2cc(-c3cccc(OCC(=O)N4CCN(C)CC4)c3)[nH]c(=O)n2)ccc1O. The third-order valence-corrected chi connectivity index (χ3v) is 5.60. The molecule has 8 heteroatoms. The van der Waals surface area contributed by atoms with Crippen LogP contribution >= 0.6 is 0 Å². The molecule has 1 aliphatic rings. The summed E-state index contributed by atoms with van der Waals surface area (Å²) in [6.07, 6.45) is 0. The van der Waals surface area contributed by atoms with Crippen molar-refractivity contribution in [3.8, 4) is 34.0 Å². The number of hydrogen-bond donors (Lipinski definition) is 2. The van der Waals surface area contributed by atoms with Crippen LogP contribution in [0.3, 0.4) is 0 Å². The van der Waals surface area contributed by atoms with Gasteiger partial charge >= 0.3 is 5.69 Å². The Labute approximate surface area is 186 Å². The van der Waals surface area contributed by atoms with Crippen molar-refractivity contribution in [2.45, 2.75) is 6.92 Å². The molecule has 0 radical (unpaired) electrons. The minimum Gasteiger partial charge on any atom is -0.508 e. The molecule has 0 saturated carbocycles. The van der Waals surface area contributed by atoms with Crippen LogP contribution in [0.1, 0.15) is 5.56 Å². The Kier molecular flexibility index (Phi) is 6.23. The molecule has 8 nitrogen and oxygen atoms in total. The number of carbonyl (C=O) groups is 1. The number of benzene rings is 2. The van der Waals surface area contributed by atoms with Crippen LogP contribution in [0.15, 0.2) is 53.3 Å². The first-order valence-electron chi connectivity index (χ1n) is 10.5. The van der Waals surface area contributed by atoms with E-state index in [2.05, 4.69) is 14.9 Å². The molecule has 0 unspecified atom stereocenters. The summed E-state index contributed by atoms with van der Waals surface area (Å²) in [5.74, 6) is 0.699. The molecule has 2 N–H and O–H groups in total. The van der Waals surface area contributed by atoms with Crippen molar-refractivity contribution in [1.82, 2.24) is 19.8 Å². The van der Waals surface area contributed by atoms with Crippen LogP contribution < -0.4 is 10.4 Å². The van der Waals surface area contributed by atoms with Crippen molar-refractivity contribution < 1.29 is 14.6 Å². The zero-order chi connectivity index (χ0) is 22.7. The van der Waals surface area contributed by atoms with Gasteiger partial charge in [0.05, 0.1) is 11.4 Å². The van der Waals surface area contributed by atoms with E-state index >= 15 is 0 Å². The summed E-state index contributed by atoms with van der Waals surface area (Å²) in [6.45, 7) is 4.89. The van der Waals surface area contributed by atoms with Crippen molar-refractivity contribution in [2.75, 3.05) is 39.8 Å². The largest absolute Gasteiger partial charge is 0.508 e. The number of likely N-dealkylation sites (N-methyl/N-ethyl adjacent to an activating group) is 1. The molecule has 1 aromatic heterocycles. The van der Waals surface area contributed by atoms with Gasteiger partial charge in [0, 0.05) is 37.3 Å². The van der Waals surface area contributed by atoms with Crippen molar-refractivity contribution >= 4 is 5.91 Å². The summed E-state index contributed by atoms with van der Waals surface area (Å²) in [5.41, 5.74) is 2.79. The fourth-order valence-corrected chi connectivity index (χ4v) is 3.62. The number of phenols is 1. The van der Waals surface area contributed by atoms with Gasteiger partial charge in [0.2, 0.25) is 0 Å². The first kappa shape index (κ1) is 21.6. The number of aromatic hydroxyl groups is 1. The smallest absolute Gasteiger partial charge is 0.345 e. The highest BCUT2D eigenvalue weighted by molar-refractivity contribution is 5.78. The van der Waals surface area contributed by atoms with Gasteiger partial charge < -0.3 is 24.6 Å². The first-order valence-corrected chi connectivity index (χ1v) is 10.5. The molecule has 1 fully saturated rings. The maximum atomic E-state index is 12.4. The van der Waals surface area contributed by atoms with Gasteiger partial charge in [0.15, 0.2) is 6.61 Å². The number of phenolic OH excluding ortho intramolecular Hbond substituents is 1. The molecular weight excluding hydrogens is 408 g/mol. The van der Waals surface area contributed by atoms with Crippen LogP contribution in [0.4, 0.5) is 0 Å². The Hall–Kier alpha value is -3.65. The Morgan fingerprint density at radius 3 is 2.62 bits per heavy atom. The van der Waals surface area contributed by atoms with Crippen LogP contribution in [0.5, 0.6) is 11.5 Å². The third kappa shape index (κ3) is 4.97. The van der Waals surface area contributed by atoms with Crippen molar-refractivity contribution in [2.24, 2.45) is 0 Å². The summed E-state index contributed by atoms with van der Waals surface area (Å²) in [6, 6.07) is 14.1. The van der Waals surface area contributed by atoms with E-state index in [1.807, 2.05) is 24.1 Å². The highest BCUT2D eigenvalue weighted by Gasteiger charge is 2.19. The minimum atomic E-state index is -0.472. The molecule has 4 rings (SSSR count). The fourth-order valence-electron chi connectivity index (χ4n) is 3.62. The molecule has 2 aromatic carbocycles. The second-order valence-electron chi connectivity index (χ2n) is 7.99. The third-order valence-electron chi connectivity index (χ3n) is 5.60. The van der Waals surface area contributed by atoms with Gasteiger partial charge in [-0.15, -0.1) is 0 Å². The zero-order valence-corrected chi connectivity index (χ0v) is 18.2. The molecule has 1 amide bonds. The molecular formula is C24H26N4O4. The Morgan fingerprint density at radius 2 is 1.88 bits per heavy atom. The second-order valence-corrected chi connectivity index (χ2v) is 7.99. The summed E-state index contributed by atoms with van der Waals surface area (Å²) in [7, 11) is 2.04. The molecule has 0 aliphatic carbocycles. The van der Waals surface area contributed by atoms with Crippen molar-refractivity contribution in [3.63, 3.8) is 0 Å². The Morgan fingerprint density at radius 1 is 1.09 bits per heavy atom. The van der Waals surface area contributed by atoms with E-state index in [9.17, 15) is 14.7 Å². The zero-order valence-electron chi connectivity index (χ0n) is 18.2. The predicted octanol–water partition coefficient (Wildman–Crippen LogP) is 2.27. The first-order chi connectivity index (χ1) is 15.4. The number of carbonyl (C=O) groups excluding carboxylic acids is 1. The average molecular weight is 434 g/mol. The quantitative estimate of drug-likeness (QED) is 0.639. The van der Waals surface area contributed by atoms with E-state index in [-0.39, 0.29) is 18.3 Å². The van der Waals surface area contributed by atoms with E-state index in [4.69, 9.17) is 4.74 Å². The number of ether oxygens (including phenoxy) is 1. The van der Waals surface area contributed by atoms with Gasteiger partial charge in [0.25, 0.3) is 5.91 Å². The number of H-pyrrole nitrogens is 1. The van der Waals surface area contributed by atoms with Crippen LogP contribution in [0.2, 0.25) is 0 Å². The highest BCUT2D eigenvalue weighted by Crippen LogP contribution is 2.27. The molecule has 1 saturated heterocycles. The number of aromatic nitrogens is 2. The summed E-state index contributed by atoms with van der Waals surface area (Å²) >= 11 is 0. The summed E-state index contributed by atoms with van der Waals surface area (Å²) in [5, 5.41) is 9.76. The molecule has 166 valence electrons. The topological polar surface area (TPSA) is 98.8 Å². The average Bonchev–Trinajstić information content (AvgIpc) is 2.79. The van der Waals surface area contributed by atoms with Crippen LogP contribution in [0.25, 0.3) is 22.5 Å². The molecule has 0 atom stereocenters. The monoisotopic (exact) mass is 434 g/mol. The van der Waals surface area contributed by atoms with Crippen molar-refractivity contribution in [1.29, 1.82) is 0 Å². The van der Waals surface area contributed by atoms with Gasteiger partial charge in [-0.3, -0.25) is 4.79 Å². The number of aryl methyl sites for hydroxylation is 1. The number of amides is 1. The molecule has 3 aromatic rings. The standard InChI is InChI=1S/C24H26N4O4/c1-16-12-18(6-7-22(16)29)21-14-20(25-24(31)26-21)17-4-3-5-19(13-17)32-15-23(30)28-10-8-27(2)9-11-28/h3-7,12-14,29H,8-11,15H2,1-2H3,(H,25,26,31). The Bertz CT molecular complexity index is 1180. The van der Waals surface area contributed by atoms with Crippen molar-refractivity contribution in [3.05, 3.63) is 64.6 Å². The number of nitrogens with one attached hydrogen (secondary N) is 1. The fraction of sp³-hybridized carbons (Fsp3) is 0.292. The molecule has 1 aliphatic heterocycles. The normalized spacial score (nSPS) is 14.4. The molecule has 0 bridgehead atoms. The lowest BCUT2D eigenvalue weighted by molar-refractivity contribution is -0.134. The lowest BCUT2D eigenvalue weighted by Crippen LogP contribution is -2.48. The number of rotatable bonds is 5. The maximum Gasteiger partial charge on any atom is 0.345 e. The van der Waals surface area contributed by atoms with Crippen LogP contribution in [0, 0.1) is 6.92 Å². The van der Waals surface area contributed by atoms with Gasteiger partial charge in [-0.05, 0) is 55.9 Å². The van der Waals surface area contributed by atoms with E-state index in [1.165, 1.54) is 0 Å². The number of nitrogens with zero attached hydrogens (tertiary/aromatic N) is 3. The van der Waals surface area contributed by atoms with E-state index in [0.29, 0.717) is 35.8 Å². The van der Waals surface area contributed by atoms with Gasteiger partial charge in [-0.2, -0.15) is 4.98 Å². The molecule has 32 heavy (non-hydrogen) atoms. The number of piperazine rings is 1. The number of aromatic amines is 1. The second kappa shape index (κ2) is 9.23. The summed E-state index contributed by atoms with van der Waals surface area (Å²) in [4.78, 5) is 35.5. The minimum absolute atomic E-state index is 0.0297. The Balaban J connectivity index is 1.51. The van der Waals surface area contributed by atoms with Gasteiger partial charge in [-0.1, -0.05) is 12.1 Å². The predicted molar refractivity (Wildman–Crippen MR) is 122 cm³/mol. The molecule has 0 spiro atoms. The lowest BCUT2D eigenvalue weighted by atomic mass is 10.1. The number of hydrogen-bond acceptors (Lipinski definition) is 6. The summed E-state index contributed by atoms with van der Waals surface area (Å²) < 4.78 is 5.74. The van der Waals surface area contributed by atoms with Gasteiger partial charge in [-0.25, -0.2) is 4.79 Å².